The fourth-order valence-corrected chi connectivity index (χ4v) is 6.76. The van der Waals surface area contributed by atoms with Crippen LogP contribution in [0.4, 0.5) is 5.13 Å². The minimum Gasteiger partial charge on any atom is -0.428 e. The van der Waals surface area contributed by atoms with Gasteiger partial charge in [0.05, 0.1) is 6.20 Å². The lowest BCUT2D eigenvalue weighted by atomic mass is 10.0. The van der Waals surface area contributed by atoms with E-state index in [1.54, 1.807) is 11.6 Å². The Hall–Kier alpha value is -3.22. The molecule has 2 aromatic rings. The van der Waals surface area contributed by atoms with Crippen LogP contribution in [0, 0.1) is 0 Å². The van der Waals surface area contributed by atoms with Crippen LogP contribution in [0.3, 0.4) is 0 Å². The molecule has 14 nitrogen and oxygen atoms in total. The summed E-state index contributed by atoms with van der Waals surface area (Å²) in [6, 6.07) is -0.938. The summed E-state index contributed by atoms with van der Waals surface area (Å²) in [7, 11) is 1.27. The Labute approximate surface area is 226 Å². The van der Waals surface area contributed by atoms with E-state index in [4.69, 9.17) is 20.0 Å². The molecule has 2 aromatic heterocycles. The van der Waals surface area contributed by atoms with E-state index < -0.39 is 42.0 Å². The molecule has 2 atom stereocenters. The van der Waals surface area contributed by atoms with E-state index in [-0.39, 0.29) is 22.2 Å². The van der Waals surface area contributed by atoms with Crippen molar-refractivity contribution in [3.8, 4) is 0 Å². The van der Waals surface area contributed by atoms with Gasteiger partial charge in [0, 0.05) is 23.8 Å². The summed E-state index contributed by atoms with van der Waals surface area (Å²) in [5.74, 6) is -1.88. The SMILES string of the molecule is CO/N=C(\C(=O)N[C@@H]1C(=O)N2C(C(=O)OCOC(C)=O)=C(CSc3cnns3)CS[C@@H]12)c1csc(N)n1. The molecule has 2 aliphatic heterocycles. The lowest BCUT2D eigenvalue weighted by molar-refractivity contribution is -0.166. The third-order valence-electron chi connectivity index (χ3n) is 4.87. The summed E-state index contributed by atoms with van der Waals surface area (Å²) in [4.78, 5) is 60.2. The lowest BCUT2D eigenvalue weighted by Crippen LogP contribution is -2.71. The number of nitrogens with two attached hydrogens (primary N) is 1. The molecule has 1 fully saturated rings. The number of esters is 2. The monoisotopic (exact) mass is 585 g/mol. The third kappa shape index (κ3) is 6.03. The van der Waals surface area contributed by atoms with E-state index in [0.717, 1.165) is 15.5 Å². The van der Waals surface area contributed by atoms with E-state index in [1.807, 2.05) is 0 Å². The molecule has 4 rings (SSSR count). The highest BCUT2D eigenvalue weighted by molar-refractivity contribution is 8.01. The molecule has 1 saturated heterocycles. The molecule has 0 radical (unpaired) electrons. The van der Waals surface area contributed by atoms with Gasteiger partial charge in [-0.3, -0.25) is 19.3 Å². The second-order valence-electron chi connectivity index (χ2n) is 7.22. The molecule has 0 aliphatic carbocycles. The van der Waals surface area contributed by atoms with E-state index in [9.17, 15) is 19.2 Å². The quantitative estimate of drug-likeness (QED) is 0.0977. The van der Waals surface area contributed by atoms with Gasteiger partial charge in [-0.25, -0.2) is 9.78 Å². The zero-order valence-electron chi connectivity index (χ0n) is 19.2. The summed E-state index contributed by atoms with van der Waals surface area (Å²) in [6.07, 6.45) is 1.60. The van der Waals surface area contributed by atoms with Gasteiger partial charge in [0.1, 0.15) is 34.1 Å². The maximum atomic E-state index is 13.2. The zero-order chi connectivity index (χ0) is 26.5. The molecular formula is C19H19N7O7S4. The van der Waals surface area contributed by atoms with Gasteiger partial charge in [-0.1, -0.05) is 9.64 Å². The standard InChI is InChI=1S/C19H19N7O7S4/c1-8(27)32-7-33-18(30)14-9(4-34-11-3-21-25-37-11)5-35-17-13(16(29)26(14)17)23-15(28)12(24-31-2)10-6-36-19(20)22-10/h3,6,13,17H,4-5,7H2,1-2H3,(H2,20,22)(H,23,28)/b24-12-/t13-,17+/m1/s1. The molecule has 4 heterocycles. The van der Waals surface area contributed by atoms with Gasteiger partial charge in [-0.05, 0) is 17.1 Å². The number of oxime groups is 1. The predicted molar refractivity (Wildman–Crippen MR) is 135 cm³/mol. The molecule has 196 valence electrons. The Morgan fingerprint density at radius 2 is 2.16 bits per heavy atom. The second-order valence-corrected chi connectivity index (χ2v) is 11.3. The molecule has 0 spiro atoms. The van der Waals surface area contributed by atoms with Gasteiger partial charge < -0.3 is 25.4 Å². The third-order valence-corrected chi connectivity index (χ3v) is 8.81. The summed E-state index contributed by atoms with van der Waals surface area (Å²) >= 11 is 5.12. The number of rotatable bonds is 10. The van der Waals surface area contributed by atoms with Crippen LogP contribution in [0.1, 0.15) is 12.6 Å². The first-order valence-corrected chi connectivity index (χ1v) is 14.0. The average molecular weight is 586 g/mol. The van der Waals surface area contributed by atoms with Crippen LogP contribution in [0.15, 0.2) is 32.2 Å². The van der Waals surface area contributed by atoms with Crippen molar-refractivity contribution in [2.45, 2.75) is 22.5 Å². The number of ether oxygens (including phenoxy) is 2. The van der Waals surface area contributed by atoms with Crippen LogP contribution in [0.25, 0.3) is 0 Å². The van der Waals surface area contributed by atoms with E-state index >= 15 is 0 Å². The number of hydrogen-bond acceptors (Lipinski definition) is 16. The number of thiazole rings is 1. The maximum absolute atomic E-state index is 13.2. The van der Waals surface area contributed by atoms with Crippen LogP contribution in [-0.4, -0.2) is 85.8 Å². The predicted octanol–water partition coefficient (Wildman–Crippen LogP) is 0.437. The van der Waals surface area contributed by atoms with Crippen molar-refractivity contribution >= 4 is 81.0 Å². The smallest absolute Gasteiger partial charge is 0.357 e. The van der Waals surface area contributed by atoms with Gasteiger partial charge in [-0.15, -0.1) is 40.0 Å². The van der Waals surface area contributed by atoms with Crippen molar-refractivity contribution in [2.75, 3.05) is 31.1 Å². The number of nitrogens with zero attached hydrogens (tertiary/aromatic N) is 5. The number of carbonyl (C=O) groups excluding carboxylic acids is 4. The molecule has 3 N–H and O–H groups in total. The summed E-state index contributed by atoms with van der Waals surface area (Å²) in [6.45, 7) is 0.587. The van der Waals surface area contributed by atoms with Crippen molar-refractivity contribution in [2.24, 2.45) is 5.16 Å². The number of amides is 2. The number of nitrogen functional groups attached to an aromatic ring is 1. The van der Waals surface area contributed by atoms with Crippen molar-refractivity contribution in [3.05, 3.63) is 28.5 Å². The Kier molecular flexibility index (Phi) is 8.62. The number of hydrogen-bond donors (Lipinski definition) is 2. The molecular weight excluding hydrogens is 567 g/mol. The second kappa shape index (κ2) is 11.9. The molecule has 0 unspecified atom stereocenters. The lowest BCUT2D eigenvalue weighted by Gasteiger charge is -2.49. The number of fused-ring (bicyclic) bond motifs is 1. The molecule has 0 aromatic carbocycles. The molecule has 2 amide bonds. The van der Waals surface area contributed by atoms with E-state index in [1.165, 1.54) is 54.0 Å². The normalized spacial score (nSPS) is 19.1. The van der Waals surface area contributed by atoms with Crippen molar-refractivity contribution in [1.29, 1.82) is 0 Å². The number of aromatic nitrogens is 3. The van der Waals surface area contributed by atoms with Gasteiger partial charge in [0.15, 0.2) is 10.8 Å². The zero-order valence-corrected chi connectivity index (χ0v) is 22.5. The van der Waals surface area contributed by atoms with Gasteiger partial charge in [0.25, 0.3) is 11.8 Å². The van der Waals surface area contributed by atoms with Crippen molar-refractivity contribution in [1.82, 2.24) is 24.8 Å². The minimum absolute atomic E-state index is 0.0504. The first-order valence-electron chi connectivity index (χ1n) is 10.3. The van der Waals surface area contributed by atoms with E-state index in [2.05, 4.69) is 25.0 Å². The summed E-state index contributed by atoms with van der Waals surface area (Å²) in [5, 5.41) is 11.4. The van der Waals surface area contributed by atoms with Crippen LogP contribution < -0.4 is 11.1 Å². The van der Waals surface area contributed by atoms with Crippen LogP contribution in [0.5, 0.6) is 0 Å². The van der Waals surface area contributed by atoms with E-state index in [0.29, 0.717) is 17.1 Å². The molecule has 2 aliphatic rings. The Bertz CT molecular complexity index is 1260. The van der Waals surface area contributed by atoms with Crippen LogP contribution >= 0.6 is 46.4 Å². The highest BCUT2D eigenvalue weighted by atomic mass is 32.2. The fraction of sp³-hybridized carbons (Fsp3) is 0.368. The number of anilines is 1. The van der Waals surface area contributed by atoms with Crippen LogP contribution in [-0.2, 0) is 33.5 Å². The maximum Gasteiger partial charge on any atom is 0.357 e. The van der Waals surface area contributed by atoms with Crippen molar-refractivity contribution in [3.63, 3.8) is 0 Å². The van der Waals surface area contributed by atoms with Gasteiger partial charge >= 0.3 is 11.9 Å². The highest BCUT2D eigenvalue weighted by Gasteiger charge is 2.54. The Balaban J connectivity index is 1.52. The van der Waals surface area contributed by atoms with Gasteiger partial charge in [0.2, 0.25) is 6.79 Å². The highest BCUT2D eigenvalue weighted by Crippen LogP contribution is 2.42. The number of thioether (sulfide) groups is 2. The Morgan fingerprint density at radius 3 is 2.81 bits per heavy atom. The van der Waals surface area contributed by atoms with Gasteiger partial charge in [-0.2, -0.15) is 0 Å². The van der Waals surface area contributed by atoms with Crippen molar-refractivity contribution < 1.29 is 33.5 Å². The summed E-state index contributed by atoms with van der Waals surface area (Å²) in [5.41, 5.74) is 6.41. The number of carbonyl (C=O) groups is 4. The molecule has 18 heteroatoms. The number of β-lactam (4-membered cyclic amide) rings is 1. The first-order chi connectivity index (χ1) is 17.8. The first kappa shape index (κ1) is 26.8. The van der Waals surface area contributed by atoms with Crippen LogP contribution in [0.2, 0.25) is 0 Å². The fourth-order valence-electron chi connectivity index (χ4n) is 3.30. The average Bonchev–Trinajstić information content (AvgIpc) is 3.55. The Morgan fingerprint density at radius 1 is 1.35 bits per heavy atom. The minimum atomic E-state index is -0.938. The molecule has 0 saturated carbocycles. The topological polar surface area (TPSA) is 188 Å². The largest absolute Gasteiger partial charge is 0.428 e. The molecule has 0 bridgehead atoms. The number of nitrogens with one attached hydrogen (secondary N) is 1. The molecule has 37 heavy (non-hydrogen) atoms. The summed E-state index contributed by atoms with van der Waals surface area (Å²) < 4.78 is 14.4.